The third kappa shape index (κ3) is 3.62. The minimum absolute atomic E-state index is 0.0369. The van der Waals surface area contributed by atoms with E-state index >= 15 is 0 Å². The van der Waals surface area contributed by atoms with Crippen LogP contribution in [0.3, 0.4) is 0 Å². The minimum atomic E-state index is -0.494. The molecule has 0 aliphatic rings. The van der Waals surface area contributed by atoms with Gasteiger partial charge >= 0.3 is 5.97 Å². The van der Waals surface area contributed by atoms with E-state index in [-0.39, 0.29) is 6.61 Å². The summed E-state index contributed by atoms with van der Waals surface area (Å²) in [5.74, 6) is 0.642. The first-order valence-corrected chi connectivity index (χ1v) is 8.55. The van der Waals surface area contributed by atoms with Crippen LogP contribution in [0.2, 0.25) is 5.15 Å². The van der Waals surface area contributed by atoms with Crippen LogP contribution in [0.5, 0.6) is 11.5 Å². The first kappa shape index (κ1) is 17.3. The zero-order valence-corrected chi connectivity index (χ0v) is 15.1. The second-order valence-electron chi connectivity index (χ2n) is 4.93. The predicted molar refractivity (Wildman–Crippen MR) is 96.5 cm³/mol. The summed E-state index contributed by atoms with van der Waals surface area (Å²) in [6, 6.07) is 5.40. The standard InChI is InChI=1S/C17H15ClN2O4S/c1-22-13-5-3-4-11(15(13)23-2)6-7-14(21)24-10-12-16(18)19-17-20(12)8-9-25-17/h3-9H,10H2,1-2H3/b7-6-. The van der Waals surface area contributed by atoms with Gasteiger partial charge in [0.1, 0.15) is 6.61 Å². The monoisotopic (exact) mass is 378 g/mol. The van der Waals surface area contributed by atoms with E-state index in [0.29, 0.717) is 27.9 Å². The molecule has 2 aromatic heterocycles. The molecule has 0 N–H and O–H groups in total. The Morgan fingerprint density at radius 3 is 2.96 bits per heavy atom. The second kappa shape index (κ2) is 7.58. The fourth-order valence-corrected chi connectivity index (χ4v) is 3.33. The van der Waals surface area contributed by atoms with E-state index in [4.69, 9.17) is 25.8 Å². The molecule has 2 heterocycles. The largest absolute Gasteiger partial charge is 0.493 e. The summed E-state index contributed by atoms with van der Waals surface area (Å²) in [4.78, 5) is 17.0. The van der Waals surface area contributed by atoms with Crippen molar-refractivity contribution in [2.75, 3.05) is 14.2 Å². The second-order valence-corrected chi connectivity index (χ2v) is 6.16. The fourth-order valence-electron chi connectivity index (χ4n) is 2.32. The number of esters is 1. The number of nitrogens with zero attached hydrogens (tertiary/aromatic N) is 2. The number of hydrogen-bond donors (Lipinski definition) is 0. The molecule has 0 bridgehead atoms. The maximum atomic E-state index is 12.0. The number of fused-ring (bicyclic) bond motifs is 1. The van der Waals surface area contributed by atoms with Gasteiger partial charge in [-0.15, -0.1) is 11.3 Å². The molecule has 1 aromatic carbocycles. The van der Waals surface area contributed by atoms with Crippen molar-refractivity contribution in [1.82, 2.24) is 9.38 Å². The normalized spacial score (nSPS) is 11.2. The molecule has 3 aromatic rings. The van der Waals surface area contributed by atoms with Crippen LogP contribution in [0.4, 0.5) is 0 Å². The van der Waals surface area contributed by atoms with Crippen molar-refractivity contribution in [3.05, 3.63) is 52.3 Å². The van der Waals surface area contributed by atoms with E-state index in [1.807, 2.05) is 23.7 Å². The van der Waals surface area contributed by atoms with Crippen LogP contribution in [0.1, 0.15) is 11.3 Å². The number of halogens is 1. The average Bonchev–Trinajstić information content (AvgIpc) is 3.18. The number of hydrogen-bond acceptors (Lipinski definition) is 6. The summed E-state index contributed by atoms with van der Waals surface area (Å²) in [6.45, 7) is 0.0369. The Hall–Kier alpha value is -2.51. The molecule has 0 saturated heterocycles. The lowest BCUT2D eigenvalue weighted by Gasteiger charge is -2.09. The fraction of sp³-hybridized carbons (Fsp3) is 0.176. The van der Waals surface area contributed by atoms with E-state index in [1.165, 1.54) is 17.4 Å². The Labute approximate surface area is 153 Å². The van der Waals surface area contributed by atoms with Crippen molar-refractivity contribution in [2.24, 2.45) is 0 Å². The topological polar surface area (TPSA) is 62.1 Å². The Bertz CT molecular complexity index is 932. The number of carbonyl (C=O) groups excluding carboxylic acids is 1. The first-order valence-electron chi connectivity index (χ1n) is 7.29. The van der Waals surface area contributed by atoms with Crippen LogP contribution < -0.4 is 9.47 Å². The van der Waals surface area contributed by atoms with Crippen molar-refractivity contribution >= 4 is 39.9 Å². The summed E-state index contributed by atoms with van der Waals surface area (Å²) in [5, 5.41) is 2.22. The number of methoxy groups -OCH3 is 2. The van der Waals surface area contributed by atoms with Crippen LogP contribution >= 0.6 is 22.9 Å². The number of aromatic nitrogens is 2. The lowest BCUT2D eigenvalue weighted by Crippen LogP contribution is -2.03. The Morgan fingerprint density at radius 2 is 2.20 bits per heavy atom. The van der Waals surface area contributed by atoms with Gasteiger partial charge in [-0.3, -0.25) is 4.40 Å². The van der Waals surface area contributed by atoms with E-state index in [0.717, 1.165) is 4.96 Å². The van der Waals surface area contributed by atoms with Gasteiger partial charge in [0, 0.05) is 23.2 Å². The molecule has 130 valence electrons. The summed E-state index contributed by atoms with van der Waals surface area (Å²) in [6.07, 6.45) is 4.78. The lowest BCUT2D eigenvalue weighted by atomic mass is 10.1. The number of rotatable bonds is 6. The molecule has 0 aliphatic heterocycles. The number of benzene rings is 1. The third-order valence-electron chi connectivity index (χ3n) is 3.50. The van der Waals surface area contributed by atoms with Gasteiger partial charge in [0.25, 0.3) is 0 Å². The van der Waals surface area contributed by atoms with Crippen LogP contribution in [0, 0.1) is 0 Å². The van der Waals surface area contributed by atoms with Crippen LogP contribution in [-0.2, 0) is 16.1 Å². The molecule has 0 atom stereocenters. The van der Waals surface area contributed by atoms with Crippen LogP contribution in [-0.4, -0.2) is 29.6 Å². The highest BCUT2D eigenvalue weighted by Crippen LogP contribution is 2.31. The van der Waals surface area contributed by atoms with Gasteiger partial charge in [-0.25, -0.2) is 9.78 Å². The molecule has 0 amide bonds. The Kier molecular flexibility index (Phi) is 5.25. The van der Waals surface area contributed by atoms with E-state index in [2.05, 4.69) is 4.98 Å². The minimum Gasteiger partial charge on any atom is -0.493 e. The van der Waals surface area contributed by atoms with Crippen molar-refractivity contribution < 1.29 is 19.0 Å². The molecule has 0 aliphatic carbocycles. The highest BCUT2D eigenvalue weighted by atomic mass is 35.5. The summed E-state index contributed by atoms with van der Waals surface area (Å²) >= 11 is 7.53. The van der Waals surface area contributed by atoms with Crippen molar-refractivity contribution in [3.8, 4) is 11.5 Å². The molecule has 6 nitrogen and oxygen atoms in total. The molecule has 25 heavy (non-hydrogen) atoms. The van der Waals surface area contributed by atoms with E-state index in [9.17, 15) is 4.79 Å². The maximum Gasteiger partial charge on any atom is 0.331 e. The Balaban J connectivity index is 1.70. The van der Waals surface area contributed by atoms with Crippen molar-refractivity contribution in [3.63, 3.8) is 0 Å². The van der Waals surface area contributed by atoms with Gasteiger partial charge < -0.3 is 14.2 Å². The van der Waals surface area contributed by atoms with E-state index in [1.54, 1.807) is 30.8 Å². The van der Waals surface area contributed by atoms with Gasteiger partial charge in [0.05, 0.1) is 19.9 Å². The summed E-state index contributed by atoms with van der Waals surface area (Å²) in [5.41, 5.74) is 1.35. The summed E-state index contributed by atoms with van der Waals surface area (Å²) in [7, 11) is 3.10. The quantitative estimate of drug-likeness (QED) is 0.482. The maximum absolute atomic E-state index is 12.0. The average molecular weight is 379 g/mol. The van der Waals surface area contributed by atoms with Crippen molar-refractivity contribution in [1.29, 1.82) is 0 Å². The number of imidazole rings is 1. The number of ether oxygens (including phenoxy) is 3. The predicted octanol–water partition coefficient (Wildman–Crippen LogP) is 3.82. The molecule has 0 spiro atoms. The molecule has 0 radical (unpaired) electrons. The number of carbonyl (C=O) groups is 1. The van der Waals surface area contributed by atoms with Crippen molar-refractivity contribution in [2.45, 2.75) is 6.61 Å². The van der Waals surface area contributed by atoms with Gasteiger partial charge in [0.15, 0.2) is 21.6 Å². The molecule has 0 unspecified atom stereocenters. The van der Waals surface area contributed by atoms with Gasteiger partial charge in [-0.2, -0.15) is 0 Å². The third-order valence-corrected chi connectivity index (χ3v) is 4.55. The lowest BCUT2D eigenvalue weighted by molar-refractivity contribution is -0.139. The Morgan fingerprint density at radius 1 is 1.36 bits per heavy atom. The molecule has 0 saturated carbocycles. The molecule has 3 rings (SSSR count). The SMILES string of the molecule is COc1cccc(/C=C\C(=O)OCc2c(Cl)nc3sccn23)c1OC. The first-order chi connectivity index (χ1) is 12.1. The zero-order valence-electron chi connectivity index (χ0n) is 13.6. The highest BCUT2D eigenvalue weighted by molar-refractivity contribution is 7.15. The van der Waals surface area contributed by atoms with Crippen LogP contribution in [0.15, 0.2) is 35.9 Å². The summed E-state index contributed by atoms with van der Waals surface area (Å²) < 4.78 is 17.6. The number of para-hydroxylation sites is 1. The smallest absolute Gasteiger partial charge is 0.331 e. The molecular weight excluding hydrogens is 364 g/mol. The molecule has 0 fully saturated rings. The zero-order chi connectivity index (χ0) is 17.8. The molecular formula is C17H15ClN2O4S. The van der Waals surface area contributed by atoms with Gasteiger partial charge in [0.2, 0.25) is 0 Å². The van der Waals surface area contributed by atoms with Crippen LogP contribution in [0.25, 0.3) is 11.0 Å². The van der Waals surface area contributed by atoms with Gasteiger partial charge in [-0.05, 0) is 12.1 Å². The number of thiazole rings is 1. The molecule has 8 heteroatoms. The van der Waals surface area contributed by atoms with E-state index < -0.39 is 5.97 Å². The highest BCUT2D eigenvalue weighted by Gasteiger charge is 2.13. The van der Waals surface area contributed by atoms with Gasteiger partial charge in [-0.1, -0.05) is 23.7 Å².